The van der Waals surface area contributed by atoms with Gasteiger partial charge in [0.2, 0.25) is 5.91 Å². The maximum atomic E-state index is 12.2. The molecule has 1 aliphatic carbocycles. The molecule has 0 radical (unpaired) electrons. The second-order valence-corrected chi connectivity index (χ2v) is 5.16. The predicted molar refractivity (Wildman–Crippen MR) is 55.6 cm³/mol. The summed E-state index contributed by atoms with van der Waals surface area (Å²) < 4.78 is 0. The van der Waals surface area contributed by atoms with Crippen LogP contribution in [0.25, 0.3) is 0 Å². The Morgan fingerprint density at radius 2 is 2.07 bits per heavy atom. The zero-order chi connectivity index (χ0) is 11.2. The van der Waals surface area contributed by atoms with E-state index in [9.17, 15) is 9.59 Å². The minimum atomic E-state index is -0.360. The number of carbonyl (C=O) groups is 2. The van der Waals surface area contributed by atoms with Crippen molar-refractivity contribution in [2.45, 2.75) is 32.6 Å². The Balaban J connectivity index is 2.25. The zero-order valence-corrected chi connectivity index (χ0v) is 9.62. The van der Waals surface area contributed by atoms with Crippen LogP contribution < -0.4 is 0 Å². The van der Waals surface area contributed by atoms with Gasteiger partial charge in [-0.15, -0.1) is 0 Å². The average Bonchev–Trinajstić information content (AvgIpc) is 2.57. The minimum absolute atomic E-state index is 0.0156. The third kappa shape index (κ3) is 1.47. The molecule has 0 aromatic rings. The first-order chi connectivity index (χ1) is 6.96. The highest BCUT2D eigenvalue weighted by Crippen LogP contribution is 2.49. The van der Waals surface area contributed by atoms with Crippen molar-refractivity contribution in [3.8, 4) is 0 Å². The molecule has 0 bridgehead atoms. The average molecular weight is 210 g/mol. The van der Waals surface area contributed by atoms with Gasteiger partial charge in [0.1, 0.15) is 0 Å². The van der Waals surface area contributed by atoms with E-state index >= 15 is 0 Å². The van der Waals surface area contributed by atoms with Crippen molar-refractivity contribution in [2.24, 2.45) is 11.3 Å². The summed E-state index contributed by atoms with van der Waals surface area (Å²) in [7, 11) is 3.49. The monoisotopic (exact) mass is 210 g/mol. The molecule has 1 spiro atoms. The van der Waals surface area contributed by atoms with E-state index in [-0.39, 0.29) is 17.2 Å². The van der Waals surface area contributed by atoms with Gasteiger partial charge in [-0.05, 0) is 25.2 Å². The van der Waals surface area contributed by atoms with Crippen LogP contribution in [0.1, 0.15) is 32.6 Å². The van der Waals surface area contributed by atoms with Crippen molar-refractivity contribution in [3.63, 3.8) is 0 Å². The maximum absolute atomic E-state index is 12.2. The van der Waals surface area contributed by atoms with E-state index in [1.807, 2.05) is 0 Å². The Kier molecular flexibility index (Phi) is 2.34. The van der Waals surface area contributed by atoms with E-state index in [2.05, 4.69) is 6.92 Å². The van der Waals surface area contributed by atoms with Crippen molar-refractivity contribution in [2.75, 3.05) is 14.1 Å². The standard InChI is InChI=1S/C11H18N2O2/c1-8-4-5-11(6-8)7-9(14)13(10(11)15)12(2)3/h8H,4-7H2,1-3H3. The van der Waals surface area contributed by atoms with Gasteiger partial charge < -0.3 is 0 Å². The lowest BCUT2D eigenvalue weighted by Gasteiger charge is -2.25. The molecule has 2 fully saturated rings. The smallest absolute Gasteiger partial charge is 0.250 e. The van der Waals surface area contributed by atoms with E-state index in [0.29, 0.717) is 12.3 Å². The molecule has 4 nitrogen and oxygen atoms in total. The van der Waals surface area contributed by atoms with Gasteiger partial charge in [0.05, 0.1) is 5.41 Å². The summed E-state index contributed by atoms with van der Waals surface area (Å²) in [6.45, 7) is 2.16. The fraction of sp³-hybridized carbons (Fsp3) is 0.818. The molecule has 2 amide bonds. The molecule has 2 unspecified atom stereocenters. The normalized spacial score (nSPS) is 36.3. The van der Waals surface area contributed by atoms with Gasteiger partial charge in [-0.1, -0.05) is 6.92 Å². The number of carbonyl (C=O) groups excluding carboxylic acids is 2. The van der Waals surface area contributed by atoms with Crippen LogP contribution in [0, 0.1) is 11.3 Å². The van der Waals surface area contributed by atoms with Crippen LogP contribution in [0.15, 0.2) is 0 Å². The molecular formula is C11H18N2O2. The Hall–Kier alpha value is -0.900. The summed E-state index contributed by atoms with van der Waals surface area (Å²) in [5.74, 6) is 0.546. The second-order valence-electron chi connectivity index (χ2n) is 5.16. The molecular weight excluding hydrogens is 192 g/mol. The number of hydrogen-bond acceptors (Lipinski definition) is 3. The Morgan fingerprint density at radius 3 is 2.47 bits per heavy atom. The molecule has 1 saturated carbocycles. The quantitative estimate of drug-likeness (QED) is 0.607. The first-order valence-corrected chi connectivity index (χ1v) is 5.51. The van der Waals surface area contributed by atoms with Gasteiger partial charge in [-0.25, -0.2) is 10.0 Å². The summed E-state index contributed by atoms with van der Waals surface area (Å²) in [4.78, 5) is 23.9. The van der Waals surface area contributed by atoms with E-state index in [0.717, 1.165) is 19.3 Å². The summed E-state index contributed by atoms with van der Waals surface area (Å²) in [6, 6.07) is 0. The molecule has 0 N–H and O–H groups in total. The molecule has 0 aromatic heterocycles. The van der Waals surface area contributed by atoms with E-state index in [1.165, 1.54) is 5.01 Å². The van der Waals surface area contributed by atoms with Crippen LogP contribution in [-0.2, 0) is 9.59 Å². The van der Waals surface area contributed by atoms with Crippen molar-refractivity contribution >= 4 is 11.8 Å². The van der Waals surface area contributed by atoms with Crippen LogP contribution in [0.3, 0.4) is 0 Å². The van der Waals surface area contributed by atoms with Crippen LogP contribution in [0.2, 0.25) is 0 Å². The molecule has 2 aliphatic rings. The third-order valence-electron chi connectivity index (χ3n) is 3.63. The van der Waals surface area contributed by atoms with E-state index < -0.39 is 0 Å². The number of imide groups is 1. The summed E-state index contributed by atoms with van der Waals surface area (Å²) in [6.07, 6.45) is 3.24. The largest absolute Gasteiger partial charge is 0.273 e. The first-order valence-electron chi connectivity index (χ1n) is 5.51. The number of rotatable bonds is 1. The van der Waals surface area contributed by atoms with Gasteiger partial charge in [0.15, 0.2) is 0 Å². The Bertz CT molecular complexity index is 314. The highest BCUT2D eigenvalue weighted by molar-refractivity contribution is 6.05. The van der Waals surface area contributed by atoms with Gasteiger partial charge in [0.25, 0.3) is 5.91 Å². The first kappa shape index (κ1) is 10.6. The summed E-state index contributed by atoms with van der Waals surface area (Å²) in [5, 5.41) is 2.90. The Labute approximate surface area is 90.2 Å². The zero-order valence-electron chi connectivity index (χ0n) is 9.62. The second kappa shape index (κ2) is 3.30. The molecule has 2 atom stereocenters. The Morgan fingerprint density at radius 1 is 1.40 bits per heavy atom. The van der Waals surface area contributed by atoms with Crippen molar-refractivity contribution in [3.05, 3.63) is 0 Å². The van der Waals surface area contributed by atoms with Crippen LogP contribution in [-0.4, -0.2) is 35.9 Å². The molecule has 4 heteroatoms. The molecule has 84 valence electrons. The minimum Gasteiger partial charge on any atom is -0.273 e. The molecule has 0 aromatic carbocycles. The van der Waals surface area contributed by atoms with Gasteiger partial charge >= 0.3 is 0 Å². The van der Waals surface area contributed by atoms with Gasteiger partial charge in [-0.2, -0.15) is 0 Å². The summed E-state index contributed by atoms with van der Waals surface area (Å²) >= 11 is 0. The third-order valence-corrected chi connectivity index (χ3v) is 3.63. The number of amides is 2. The van der Waals surface area contributed by atoms with E-state index in [1.54, 1.807) is 19.1 Å². The SMILES string of the molecule is CC1CCC2(CC(=O)N(N(C)C)C2=O)C1. The molecule has 2 rings (SSSR count). The summed E-state index contributed by atoms with van der Waals surface area (Å²) in [5.41, 5.74) is -0.360. The van der Waals surface area contributed by atoms with Crippen molar-refractivity contribution in [1.29, 1.82) is 0 Å². The topological polar surface area (TPSA) is 40.6 Å². The molecule has 1 saturated heterocycles. The van der Waals surface area contributed by atoms with Crippen LogP contribution in [0.5, 0.6) is 0 Å². The lowest BCUT2D eigenvalue weighted by molar-refractivity contribution is -0.155. The van der Waals surface area contributed by atoms with E-state index in [4.69, 9.17) is 0 Å². The fourth-order valence-corrected chi connectivity index (χ4v) is 2.93. The number of hydrazine groups is 1. The lowest BCUT2D eigenvalue weighted by Crippen LogP contribution is -2.43. The molecule has 15 heavy (non-hydrogen) atoms. The van der Waals surface area contributed by atoms with Crippen LogP contribution in [0.4, 0.5) is 0 Å². The van der Waals surface area contributed by atoms with Crippen molar-refractivity contribution in [1.82, 2.24) is 10.0 Å². The predicted octanol–water partition coefficient (Wildman–Crippen LogP) is 1.03. The van der Waals surface area contributed by atoms with Gasteiger partial charge in [0, 0.05) is 20.5 Å². The van der Waals surface area contributed by atoms with Crippen molar-refractivity contribution < 1.29 is 9.59 Å². The highest BCUT2D eigenvalue weighted by Gasteiger charge is 2.54. The maximum Gasteiger partial charge on any atom is 0.250 e. The lowest BCUT2D eigenvalue weighted by atomic mass is 9.84. The van der Waals surface area contributed by atoms with Gasteiger partial charge in [-0.3, -0.25) is 9.59 Å². The molecule has 1 aliphatic heterocycles. The number of hydrogen-bond donors (Lipinski definition) is 0. The van der Waals surface area contributed by atoms with Crippen LogP contribution >= 0.6 is 0 Å². The molecule has 1 heterocycles. The fourth-order valence-electron chi connectivity index (χ4n) is 2.93. The highest BCUT2D eigenvalue weighted by atomic mass is 16.2. The number of nitrogens with zero attached hydrogens (tertiary/aromatic N) is 2.